The first-order valence-corrected chi connectivity index (χ1v) is 17.2. The first-order valence-electron chi connectivity index (χ1n) is 14.9. The number of nitrogens with zero attached hydrogens (tertiary/aromatic N) is 2. The van der Waals surface area contributed by atoms with Gasteiger partial charge < -0.3 is 9.80 Å². The first kappa shape index (κ1) is 33.5. The van der Waals surface area contributed by atoms with Gasteiger partial charge in [0.25, 0.3) is 5.91 Å². The fourth-order valence-corrected chi connectivity index (χ4v) is 7.43. The lowest BCUT2D eigenvalue weighted by molar-refractivity contribution is -0.137. The highest BCUT2D eigenvalue weighted by molar-refractivity contribution is 7.84. The standard InChI is InChI=1S/C35H35Cl2F3N2O2S/c1-41(34(43)30-21-27(35(38,39)40)19-25-7-3-4-8-28(25)30)22-26(24-11-12-31(36)32(37)20-24)15-18-42-16-13-23(14-17-42)29-9-5-6-10-33(29)45(2)44/h3-12,19-21,23,26H,13-18,22H2,1-2H3/t26-,45?/m1/s1. The maximum absolute atomic E-state index is 13.8. The molecule has 1 heterocycles. The van der Waals surface area contributed by atoms with Gasteiger partial charge in [0.2, 0.25) is 0 Å². The SMILES string of the molecule is CN(C[C@@H](CCN1CCC(c2ccccc2S(C)=O)CC1)c1ccc(Cl)c(Cl)c1)C(=O)c1cc(C(F)(F)F)cc2ccccc12. The Morgan fingerprint density at radius 2 is 1.67 bits per heavy atom. The van der Waals surface area contributed by atoms with Crippen LogP contribution < -0.4 is 0 Å². The number of fused-ring (bicyclic) bond motifs is 1. The Labute approximate surface area is 274 Å². The quantitative estimate of drug-likeness (QED) is 0.178. The maximum atomic E-state index is 13.8. The Kier molecular flexibility index (Phi) is 10.6. The van der Waals surface area contributed by atoms with Gasteiger partial charge in [-0.25, -0.2) is 0 Å². The highest BCUT2D eigenvalue weighted by atomic mass is 35.5. The van der Waals surface area contributed by atoms with Crippen molar-refractivity contribution in [3.8, 4) is 0 Å². The van der Waals surface area contributed by atoms with E-state index in [-0.39, 0.29) is 18.0 Å². The number of likely N-dealkylation sites (N-methyl/N-ethyl adjacent to an activating group) is 1. The molecule has 0 radical (unpaired) electrons. The molecule has 1 aliphatic rings. The van der Waals surface area contributed by atoms with Crippen molar-refractivity contribution >= 4 is 50.7 Å². The molecule has 45 heavy (non-hydrogen) atoms. The smallest absolute Gasteiger partial charge is 0.341 e. The summed E-state index contributed by atoms with van der Waals surface area (Å²) in [7, 11) is 0.583. The number of hydrogen-bond donors (Lipinski definition) is 0. The monoisotopic (exact) mass is 674 g/mol. The van der Waals surface area contributed by atoms with Crippen molar-refractivity contribution in [2.75, 3.05) is 39.5 Å². The molecule has 238 valence electrons. The van der Waals surface area contributed by atoms with Crippen LogP contribution in [0.1, 0.15) is 58.1 Å². The second kappa shape index (κ2) is 14.2. The molecule has 1 unspecified atom stereocenters. The predicted molar refractivity (Wildman–Crippen MR) is 177 cm³/mol. The van der Waals surface area contributed by atoms with Crippen molar-refractivity contribution in [1.82, 2.24) is 9.80 Å². The van der Waals surface area contributed by atoms with Gasteiger partial charge in [0.1, 0.15) is 0 Å². The number of halogens is 5. The zero-order valence-electron chi connectivity index (χ0n) is 25.1. The molecule has 1 fully saturated rings. The van der Waals surface area contributed by atoms with Gasteiger partial charge in [0.15, 0.2) is 0 Å². The molecule has 1 saturated heterocycles. The van der Waals surface area contributed by atoms with Gasteiger partial charge >= 0.3 is 6.18 Å². The molecule has 4 aromatic carbocycles. The number of amides is 1. The van der Waals surface area contributed by atoms with Crippen LogP contribution in [0, 0.1) is 0 Å². The van der Waals surface area contributed by atoms with E-state index in [1.54, 1.807) is 49.7 Å². The van der Waals surface area contributed by atoms with E-state index in [2.05, 4.69) is 11.0 Å². The van der Waals surface area contributed by atoms with Crippen LogP contribution in [0.2, 0.25) is 10.0 Å². The molecule has 0 aliphatic carbocycles. The number of carbonyl (C=O) groups excluding carboxylic acids is 1. The van der Waals surface area contributed by atoms with E-state index >= 15 is 0 Å². The molecule has 4 aromatic rings. The first-order chi connectivity index (χ1) is 21.4. The van der Waals surface area contributed by atoms with Crippen molar-refractivity contribution in [3.05, 3.63) is 111 Å². The van der Waals surface area contributed by atoms with E-state index in [0.29, 0.717) is 33.2 Å². The Morgan fingerprint density at radius 1 is 0.978 bits per heavy atom. The van der Waals surface area contributed by atoms with Crippen molar-refractivity contribution < 1.29 is 22.2 Å². The fourth-order valence-electron chi connectivity index (χ4n) is 6.29. The molecule has 10 heteroatoms. The summed E-state index contributed by atoms with van der Waals surface area (Å²) in [6, 6.07) is 22.0. The molecule has 5 rings (SSSR count). The van der Waals surface area contributed by atoms with Gasteiger partial charge in [-0.2, -0.15) is 13.2 Å². The average molecular weight is 676 g/mol. The number of rotatable bonds is 9. The second-order valence-corrected chi connectivity index (χ2v) is 13.9. The summed E-state index contributed by atoms with van der Waals surface area (Å²) in [5, 5.41) is 1.67. The summed E-state index contributed by atoms with van der Waals surface area (Å²) >= 11 is 12.6. The van der Waals surface area contributed by atoms with Crippen LogP contribution in [0.5, 0.6) is 0 Å². The average Bonchev–Trinajstić information content (AvgIpc) is 3.03. The molecule has 0 N–H and O–H groups in total. The zero-order chi connectivity index (χ0) is 32.3. The summed E-state index contributed by atoms with van der Waals surface area (Å²) in [6.07, 6.45) is -0.254. The third-order valence-electron chi connectivity index (χ3n) is 8.73. The lowest BCUT2D eigenvalue weighted by Gasteiger charge is -2.34. The molecular formula is C35H35Cl2F3N2O2S. The van der Waals surface area contributed by atoms with Crippen LogP contribution in [0.25, 0.3) is 10.8 Å². The van der Waals surface area contributed by atoms with Crippen molar-refractivity contribution in [2.24, 2.45) is 0 Å². The zero-order valence-corrected chi connectivity index (χ0v) is 27.4. The van der Waals surface area contributed by atoms with E-state index < -0.39 is 28.4 Å². The van der Waals surface area contributed by atoms with Gasteiger partial charge in [-0.1, -0.05) is 71.7 Å². The van der Waals surface area contributed by atoms with Crippen LogP contribution in [0.3, 0.4) is 0 Å². The number of hydrogen-bond acceptors (Lipinski definition) is 3. The van der Waals surface area contributed by atoms with Crippen LogP contribution in [0.15, 0.2) is 83.8 Å². The normalized spacial score (nSPS) is 16.1. The molecule has 0 bridgehead atoms. The van der Waals surface area contributed by atoms with E-state index in [1.807, 2.05) is 24.3 Å². The summed E-state index contributed by atoms with van der Waals surface area (Å²) in [6.45, 7) is 2.82. The van der Waals surface area contributed by atoms with Gasteiger partial charge in [0.05, 0.1) is 26.4 Å². The number of benzene rings is 4. The van der Waals surface area contributed by atoms with Crippen molar-refractivity contribution in [1.29, 1.82) is 0 Å². The van der Waals surface area contributed by atoms with Crippen LogP contribution in [-0.2, 0) is 17.0 Å². The third-order valence-corrected chi connectivity index (χ3v) is 10.5. The maximum Gasteiger partial charge on any atom is 0.416 e. The minimum absolute atomic E-state index is 0.0196. The van der Waals surface area contributed by atoms with Crippen molar-refractivity contribution in [3.63, 3.8) is 0 Å². The van der Waals surface area contributed by atoms with Gasteiger partial charge in [-0.15, -0.1) is 0 Å². The topological polar surface area (TPSA) is 40.6 Å². The van der Waals surface area contributed by atoms with E-state index in [9.17, 15) is 22.2 Å². The van der Waals surface area contributed by atoms with E-state index in [4.69, 9.17) is 23.2 Å². The largest absolute Gasteiger partial charge is 0.416 e. The van der Waals surface area contributed by atoms with Crippen LogP contribution in [-0.4, -0.2) is 59.4 Å². The molecule has 2 atom stereocenters. The van der Waals surface area contributed by atoms with Gasteiger partial charge in [-0.3, -0.25) is 9.00 Å². The predicted octanol–water partition coefficient (Wildman–Crippen LogP) is 9.03. The molecule has 0 aromatic heterocycles. The van der Waals surface area contributed by atoms with Crippen molar-refractivity contribution in [2.45, 2.75) is 42.2 Å². The van der Waals surface area contributed by atoms with E-state index in [1.165, 1.54) is 4.90 Å². The highest BCUT2D eigenvalue weighted by Gasteiger charge is 2.33. The number of carbonyl (C=O) groups is 1. The van der Waals surface area contributed by atoms with Gasteiger partial charge in [-0.05, 0) is 97.0 Å². The minimum Gasteiger partial charge on any atom is -0.341 e. The number of alkyl halides is 3. The lowest BCUT2D eigenvalue weighted by atomic mass is 9.88. The fraction of sp³-hybridized carbons (Fsp3) is 0.343. The molecule has 0 saturated carbocycles. The minimum atomic E-state index is -4.58. The third kappa shape index (κ3) is 7.91. The number of piperidine rings is 1. The number of likely N-dealkylation sites (tertiary alicyclic amines) is 1. The van der Waals surface area contributed by atoms with Crippen LogP contribution in [0.4, 0.5) is 13.2 Å². The molecule has 4 nitrogen and oxygen atoms in total. The summed E-state index contributed by atoms with van der Waals surface area (Å²) in [5.74, 6) is -0.264. The van der Waals surface area contributed by atoms with Gasteiger partial charge in [0, 0.05) is 36.2 Å². The van der Waals surface area contributed by atoms with E-state index in [0.717, 1.165) is 60.6 Å². The summed E-state index contributed by atoms with van der Waals surface area (Å²) < 4.78 is 53.5. The molecule has 1 amide bonds. The molecule has 0 spiro atoms. The summed E-state index contributed by atoms with van der Waals surface area (Å²) in [5.41, 5.74) is 1.24. The Morgan fingerprint density at radius 3 is 2.36 bits per heavy atom. The Bertz CT molecular complexity index is 1710. The second-order valence-electron chi connectivity index (χ2n) is 11.7. The van der Waals surface area contributed by atoms with Crippen LogP contribution >= 0.6 is 23.2 Å². The molecular weight excluding hydrogens is 640 g/mol. The Hall–Kier alpha value is -2.91. The highest BCUT2D eigenvalue weighted by Crippen LogP contribution is 2.36. The molecule has 1 aliphatic heterocycles. The lowest BCUT2D eigenvalue weighted by Crippen LogP contribution is -2.36. The summed E-state index contributed by atoms with van der Waals surface area (Å²) in [4.78, 5) is 18.6. The Balaban J connectivity index is 1.33.